The van der Waals surface area contributed by atoms with Gasteiger partial charge < -0.3 is 20.7 Å². The summed E-state index contributed by atoms with van der Waals surface area (Å²) in [4.78, 5) is 14.6. The molecule has 2 fully saturated rings. The average molecular weight is 396 g/mol. The Hall–Kier alpha value is -2.51. The van der Waals surface area contributed by atoms with Crippen LogP contribution in [-0.4, -0.2) is 60.4 Å². The summed E-state index contributed by atoms with van der Waals surface area (Å²) in [6.45, 7) is 3.01. The van der Waals surface area contributed by atoms with Crippen molar-refractivity contribution in [1.29, 1.82) is 0 Å². The van der Waals surface area contributed by atoms with E-state index in [0.717, 1.165) is 19.4 Å². The van der Waals surface area contributed by atoms with Crippen molar-refractivity contribution < 1.29 is 9.53 Å². The van der Waals surface area contributed by atoms with Gasteiger partial charge in [-0.1, -0.05) is 30.3 Å². The number of piperidine rings is 1. The Morgan fingerprint density at radius 1 is 1.21 bits per heavy atom. The molecule has 3 N–H and O–H groups in total. The number of nitrogens with zero attached hydrogens (tertiary/aromatic N) is 3. The molecule has 1 aromatic heterocycles. The van der Waals surface area contributed by atoms with E-state index in [9.17, 15) is 4.79 Å². The third-order valence-corrected chi connectivity index (χ3v) is 6.22. The van der Waals surface area contributed by atoms with Gasteiger partial charge in [0.25, 0.3) is 5.91 Å². The fourth-order valence-corrected chi connectivity index (χ4v) is 4.32. The van der Waals surface area contributed by atoms with Crippen LogP contribution in [0.3, 0.4) is 0 Å². The van der Waals surface area contributed by atoms with Crippen LogP contribution < -0.4 is 11.1 Å². The van der Waals surface area contributed by atoms with Gasteiger partial charge in [-0.3, -0.25) is 4.79 Å². The summed E-state index contributed by atoms with van der Waals surface area (Å²) in [6.07, 6.45) is 3.00. The first kappa shape index (κ1) is 19.8. The second kappa shape index (κ2) is 8.47. The fraction of sp³-hybridized carbons (Fsp3) is 0.500. The first-order chi connectivity index (χ1) is 14.1. The zero-order valence-corrected chi connectivity index (χ0v) is 16.9. The third-order valence-electron chi connectivity index (χ3n) is 6.22. The fourth-order valence-electron chi connectivity index (χ4n) is 4.32. The average Bonchev–Trinajstić information content (AvgIpc) is 3.54. The maximum absolute atomic E-state index is 12.7. The Labute approximate surface area is 171 Å². The zero-order chi connectivity index (χ0) is 20.3. The largest absolute Gasteiger partial charge is 0.384 e. The molecule has 29 heavy (non-hydrogen) atoms. The second-order valence-electron chi connectivity index (χ2n) is 8.31. The quantitative estimate of drug-likeness (QED) is 0.746. The lowest BCUT2D eigenvalue weighted by atomic mass is 9.78. The number of ether oxygens (including phenoxy) is 1. The smallest absolute Gasteiger partial charge is 0.274 e. The van der Waals surface area contributed by atoms with Gasteiger partial charge in [0, 0.05) is 44.1 Å². The van der Waals surface area contributed by atoms with Crippen LogP contribution in [0.15, 0.2) is 42.5 Å². The van der Waals surface area contributed by atoms with Gasteiger partial charge in [0.05, 0.1) is 6.61 Å². The summed E-state index contributed by atoms with van der Waals surface area (Å²) in [5, 5.41) is 11.5. The van der Waals surface area contributed by atoms with Crippen LogP contribution in [0, 0.1) is 5.41 Å². The lowest BCUT2D eigenvalue weighted by molar-refractivity contribution is 0.0199. The molecule has 2 heterocycles. The van der Waals surface area contributed by atoms with Crippen molar-refractivity contribution in [2.24, 2.45) is 5.41 Å². The van der Waals surface area contributed by atoms with Crippen molar-refractivity contribution in [2.75, 3.05) is 39.1 Å². The van der Waals surface area contributed by atoms with Crippen LogP contribution in [-0.2, 0) is 4.74 Å². The summed E-state index contributed by atoms with van der Waals surface area (Å²) in [5.41, 5.74) is 7.38. The number of aromatic nitrogens is 2. The SMILES string of the molecule is COCC1(CNC2CC2c2ccccc2)CCN(C(=O)c2ccc(N)nn2)CC1. The number of nitrogens with one attached hydrogen (secondary N) is 1. The van der Waals surface area contributed by atoms with Crippen molar-refractivity contribution >= 4 is 11.7 Å². The molecule has 1 saturated heterocycles. The van der Waals surface area contributed by atoms with Crippen LogP contribution in [0.5, 0.6) is 0 Å². The van der Waals surface area contributed by atoms with Crippen molar-refractivity contribution in [3.05, 3.63) is 53.7 Å². The number of anilines is 1. The molecule has 2 aromatic rings. The number of likely N-dealkylation sites (tertiary alicyclic amines) is 1. The summed E-state index contributed by atoms with van der Waals surface area (Å²) in [7, 11) is 1.76. The van der Waals surface area contributed by atoms with E-state index in [1.165, 1.54) is 12.0 Å². The van der Waals surface area contributed by atoms with Crippen LogP contribution in [0.4, 0.5) is 5.82 Å². The number of amides is 1. The minimum Gasteiger partial charge on any atom is -0.384 e. The topological polar surface area (TPSA) is 93.4 Å². The molecule has 1 aromatic carbocycles. The predicted octanol–water partition coefficient (Wildman–Crippen LogP) is 2.07. The highest BCUT2D eigenvalue weighted by Gasteiger charge is 2.42. The molecule has 2 unspecified atom stereocenters. The number of carbonyl (C=O) groups is 1. The minimum atomic E-state index is -0.0807. The molecule has 2 atom stereocenters. The van der Waals surface area contributed by atoms with Crippen molar-refractivity contribution in [1.82, 2.24) is 20.4 Å². The summed E-state index contributed by atoms with van der Waals surface area (Å²) in [6, 6.07) is 14.5. The van der Waals surface area contributed by atoms with Gasteiger partial charge in [0.2, 0.25) is 0 Å². The van der Waals surface area contributed by atoms with Gasteiger partial charge in [-0.2, -0.15) is 0 Å². The van der Waals surface area contributed by atoms with E-state index in [2.05, 4.69) is 45.8 Å². The van der Waals surface area contributed by atoms with E-state index in [-0.39, 0.29) is 11.3 Å². The number of carbonyl (C=O) groups excluding carboxylic acids is 1. The highest BCUT2D eigenvalue weighted by Crippen LogP contribution is 2.42. The van der Waals surface area contributed by atoms with Crippen LogP contribution >= 0.6 is 0 Å². The highest BCUT2D eigenvalue weighted by molar-refractivity contribution is 5.92. The molecule has 1 amide bonds. The summed E-state index contributed by atoms with van der Waals surface area (Å²) >= 11 is 0. The van der Waals surface area contributed by atoms with Crippen molar-refractivity contribution in [2.45, 2.75) is 31.2 Å². The predicted molar refractivity (Wildman–Crippen MR) is 111 cm³/mol. The first-order valence-corrected chi connectivity index (χ1v) is 10.3. The summed E-state index contributed by atoms with van der Waals surface area (Å²) in [5.74, 6) is 0.851. The Kier molecular flexibility index (Phi) is 5.78. The molecule has 7 heteroatoms. The normalized spacial score (nSPS) is 23.0. The Morgan fingerprint density at radius 3 is 2.62 bits per heavy atom. The molecular weight excluding hydrogens is 366 g/mol. The lowest BCUT2D eigenvalue weighted by Gasteiger charge is -2.41. The van der Waals surface area contributed by atoms with E-state index in [1.54, 1.807) is 19.2 Å². The van der Waals surface area contributed by atoms with E-state index in [4.69, 9.17) is 10.5 Å². The summed E-state index contributed by atoms with van der Waals surface area (Å²) < 4.78 is 5.56. The van der Waals surface area contributed by atoms with Gasteiger partial charge in [-0.15, -0.1) is 10.2 Å². The molecule has 0 bridgehead atoms. The van der Waals surface area contributed by atoms with Crippen LogP contribution in [0.1, 0.15) is 41.2 Å². The number of hydrogen-bond acceptors (Lipinski definition) is 6. The zero-order valence-electron chi connectivity index (χ0n) is 16.9. The molecule has 1 aliphatic heterocycles. The number of hydrogen-bond donors (Lipinski definition) is 2. The monoisotopic (exact) mass is 395 g/mol. The molecule has 4 rings (SSSR count). The van der Waals surface area contributed by atoms with E-state index < -0.39 is 0 Å². The van der Waals surface area contributed by atoms with Gasteiger partial charge >= 0.3 is 0 Å². The number of benzene rings is 1. The molecule has 1 saturated carbocycles. The lowest BCUT2D eigenvalue weighted by Crippen LogP contribution is -2.49. The molecule has 0 spiro atoms. The molecule has 7 nitrogen and oxygen atoms in total. The molecule has 0 radical (unpaired) electrons. The Morgan fingerprint density at radius 2 is 1.97 bits per heavy atom. The first-order valence-electron chi connectivity index (χ1n) is 10.3. The molecule has 1 aliphatic carbocycles. The standard InChI is InChI=1S/C22H29N5O2/c1-29-15-22(14-24-19-13-17(19)16-5-3-2-4-6-16)9-11-27(12-10-22)21(28)18-7-8-20(23)26-25-18/h2-8,17,19,24H,9-15H2,1H3,(H2,23,26). The van der Waals surface area contributed by atoms with Gasteiger partial charge in [0.1, 0.15) is 5.82 Å². The van der Waals surface area contributed by atoms with E-state index >= 15 is 0 Å². The Bertz CT molecular complexity index is 819. The second-order valence-corrected chi connectivity index (χ2v) is 8.31. The van der Waals surface area contributed by atoms with E-state index in [1.807, 2.05) is 4.90 Å². The molecular formula is C22H29N5O2. The number of methoxy groups -OCH3 is 1. The van der Waals surface area contributed by atoms with Crippen molar-refractivity contribution in [3.63, 3.8) is 0 Å². The van der Waals surface area contributed by atoms with Gasteiger partial charge in [-0.05, 0) is 37.0 Å². The number of rotatable bonds is 7. The molecule has 154 valence electrons. The van der Waals surface area contributed by atoms with Gasteiger partial charge in [0.15, 0.2) is 5.69 Å². The number of nitrogens with two attached hydrogens (primary N) is 1. The maximum atomic E-state index is 12.7. The maximum Gasteiger partial charge on any atom is 0.274 e. The van der Waals surface area contributed by atoms with Crippen molar-refractivity contribution in [3.8, 4) is 0 Å². The van der Waals surface area contributed by atoms with Gasteiger partial charge in [-0.25, -0.2) is 0 Å². The third kappa shape index (κ3) is 4.57. The minimum absolute atomic E-state index is 0.0577. The van der Waals surface area contributed by atoms with Crippen LogP contribution in [0.2, 0.25) is 0 Å². The highest BCUT2D eigenvalue weighted by atomic mass is 16.5. The van der Waals surface area contributed by atoms with E-state index in [0.29, 0.717) is 43.2 Å². The Balaban J connectivity index is 1.32. The number of nitrogen functional groups attached to an aromatic ring is 1. The van der Waals surface area contributed by atoms with Crippen LogP contribution in [0.25, 0.3) is 0 Å². The molecule has 2 aliphatic rings.